The minimum absolute atomic E-state index is 0.723. The molecule has 0 aromatic heterocycles. The van der Waals surface area contributed by atoms with Crippen molar-refractivity contribution in [2.75, 3.05) is 5.33 Å². The Morgan fingerprint density at radius 2 is 1.75 bits per heavy atom. The lowest BCUT2D eigenvalue weighted by atomic mass is 9.78. The molecule has 0 bridgehead atoms. The summed E-state index contributed by atoms with van der Waals surface area (Å²) in [6.07, 6.45) is 7.15. The van der Waals surface area contributed by atoms with E-state index < -0.39 is 0 Å². The highest BCUT2D eigenvalue weighted by molar-refractivity contribution is 9.09. The van der Waals surface area contributed by atoms with E-state index in [1.54, 1.807) is 0 Å². The van der Waals surface area contributed by atoms with Crippen molar-refractivity contribution in [3.63, 3.8) is 0 Å². The molecule has 1 aromatic rings. The van der Waals surface area contributed by atoms with Gasteiger partial charge < -0.3 is 0 Å². The Morgan fingerprint density at radius 3 is 2.31 bits per heavy atom. The van der Waals surface area contributed by atoms with E-state index >= 15 is 0 Å². The molecule has 2 rings (SSSR count). The SMILES string of the molecule is Cc1ccc(C(CBr)C2CCCCC2)cc1. The molecule has 0 aliphatic heterocycles. The molecule has 1 aromatic carbocycles. The van der Waals surface area contributed by atoms with Crippen LogP contribution < -0.4 is 0 Å². The van der Waals surface area contributed by atoms with Gasteiger partial charge in [-0.05, 0) is 37.2 Å². The third-order valence-corrected chi connectivity index (χ3v) is 4.59. The van der Waals surface area contributed by atoms with Gasteiger partial charge in [-0.3, -0.25) is 0 Å². The average molecular weight is 281 g/mol. The minimum Gasteiger partial charge on any atom is -0.0921 e. The second-order valence-corrected chi connectivity index (χ2v) is 5.72. The van der Waals surface area contributed by atoms with Crippen LogP contribution in [0.4, 0.5) is 0 Å². The lowest BCUT2D eigenvalue weighted by Gasteiger charge is -2.29. The van der Waals surface area contributed by atoms with Crippen LogP contribution in [0.3, 0.4) is 0 Å². The van der Waals surface area contributed by atoms with E-state index in [0.29, 0.717) is 0 Å². The zero-order valence-corrected chi connectivity index (χ0v) is 11.7. The van der Waals surface area contributed by atoms with Gasteiger partial charge in [0.2, 0.25) is 0 Å². The van der Waals surface area contributed by atoms with Gasteiger partial charge in [0.1, 0.15) is 0 Å². The number of halogens is 1. The number of hydrogen-bond acceptors (Lipinski definition) is 0. The maximum atomic E-state index is 3.71. The summed E-state index contributed by atoms with van der Waals surface area (Å²) in [5, 5.41) is 1.11. The number of hydrogen-bond donors (Lipinski definition) is 0. The Balaban J connectivity index is 2.11. The van der Waals surface area contributed by atoms with Crippen molar-refractivity contribution >= 4 is 15.9 Å². The smallest absolute Gasteiger partial charge is 0.0103 e. The van der Waals surface area contributed by atoms with Crippen LogP contribution in [0.1, 0.15) is 49.1 Å². The Labute approximate surface area is 108 Å². The third-order valence-electron chi connectivity index (χ3n) is 3.89. The lowest BCUT2D eigenvalue weighted by Crippen LogP contribution is -2.17. The van der Waals surface area contributed by atoms with E-state index in [-0.39, 0.29) is 0 Å². The van der Waals surface area contributed by atoms with Gasteiger partial charge in [0.25, 0.3) is 0 Å². The maximum Gasteiger partial charge on any atom is 0.0103 e. The number of aryl methyl sites for hydroxylation is 1. The maximum absolute atomic E-state index is 3.71. The number of rotatable bonds is 3. The minimum atomic E-state index is 0.723. The first-order chi connectivity index (χ1) is 7.81. The Bertz CT molecular complexity index is 309. The first-order valence-electron chi connectivity index (χ1n) is 6.44. The topological polar surface area (TPSA) is 0 Å². The van der Waals surface area contributed by atoms with E-state index in [2.05, 4.69) is 47.1 Å². The molecule has 1 heteroatoms. The molecular formula is C15H21Br. The largest absolute Gasteiger partial charge is 0.0921 e. The van der Waals surface area contributed by atoms with Gasteiger partial charge in [-0.1, -0.05) is 65.0 Å². The van der Waals surface area contributed by atoms with E-state index in [9.17, 15) is 0 Å². The third kappa shape index (κ3) is 2.88. The van der Waals surface area contributed by atoms with E-state index in [1.807, 2.05) is 0 Å². The van der Waals surface area contributed by atoms with Crippen LogP contribution in [0.5, 0.6) is 0 Å². The van der Waals surface area contributed by atoms with Gasteiger partial charge >= 0.3 is 0 Å². The summed E-state index contributed by atoms with van der Waals surface area (Å²) in [4.78, 5) is 0. The summed E-state index contributed by atoms with van der Waals surface area (Å²) < 4.78 is 0. The highest BCUT2D eigenvalue weighted by atomic mass is 79.9. The van der Waals surface area contributed by atoms with Gasteiger partial charge in [0.15, 0.2) is 0 Å². The van der Waals surface area contributed by atoms with Crippen LogP contribution in [0.25, 0.3) is 0 Å². The molecule has 0 amide bonds. The molecule has 0 spiro atoms. The van der Waals surface area contributed by atoms with E-state index in [1.165, 1.54) is 43.2 Å². The average Bonchev–Trinajstić information content (AvgIpc) is 2.34. The quantitative estimate of drug-likeness (QED) is 0.680. The fraction of sp³-hybridized carbons (Fsp3) is 0.600. The molecule has 0 N–H and O–H groups in total. The Morgan fingerprint density at radius 1 is 1.12 bits per heavy atom. The van der Waals surface area contributed by atoms with Crippen LogP contribution in [0.2, 0.25) is 0 Å². The monoisotopic (exact) mass is 280 g/mol. The Hall–Kier alpha value is -0.300. The first-order valence-corrected chi connectivity index (χ1v) is 7.56. The summed E-state index contributed by atoms with van der Waals surface area (Å²) >= 11 is 3.71. The van der Waals surface area contributed by atoms with E-state index in [0.717, 1.165) is 17.2 Å². The van der Waals surface area contributed by atoms with Crippen LogP contribution in [0.15, 0.2) is 24.3 Å². The second-order valence-electron chi connectivity index (χ2n) is 5.07. The van der Waals surface area contributed by atoms with Crippen molar-refractivity contribution in [1.29, 1.82) is 0 Å². The number of alkyl halides is 1. The van der Waals surface area contributed by atoms with Crippen molar-refractivity contribution in [3.8, 4) is 0 Å². The first kappa shape index (κ1) is 12.2. The van der Waals surface area contributed by atoms with Crippen LogP contribution >= 0.6 is 15.9 Å². The van der Waals surface area contributed by atoms with Gasteiger partial charge in [-0.25, -0.2) is 0 Å². The van der Waals surface area contributed by atoms with Crippen LogP contribution in [-0.4, -0.2) is 5.33 Å². The molecule has 16 heavy (non-hydrogen) atoms. The van der Waals surface area contributed by atoms with E-state index in [4.69, 9.17) is 0 Å². The molecule has 1 atom stereocenters. The highest BCUT2D eigenvalue weighted by Crippen LogP contribution is 2.37. The van der Waals surface area contributed by atoms with Gasteiger partial charge in [0.05, 0.1) is 0 Å². The summed E-state index contributed by atoms with van der Waals surface area (Å²) in [6, 6.07) is 9.12. The lowest BCUT2D eigenvalue weighted by molar-refractivity contribution is 0.319. The van der Waals surface area contributed by atoms with Crippen molar-refractivity contribution in [2.24, 2.45) is 5.92 Å². The van der Waals surface area contributed by atoms with Crippen molar-refractivity contribution in [3.05, 3.63) is 35.4 Å². The summed E-state index contributed by atoms with van der Waals surface area (Å²) in [6.45, 7) is 2.16. The predicted molar refractivity (Wildman–Crippen MR) is 74.3 cm³/mol. The van der Waals surface area contributed by atoms with Crippen LogP contribution in [0, 0.1) is 12.8 Å². The van der Waals surface area contributed by atoms with Gasteiger partial charge in [0, 0.05) is 5.33 Å². The standard InChI is InChI=1S/C15H21Br/c1-12-7-9-14(10-8-12)15(11-16)13-5-3-2-4-6-13/h7-10,13,15H,2-6,11H2,1H3. The Kier molecular flexibility index (Phi) is 4.45. The van der Waals surface area contributed by atoms with Crippen molar-refractivity contribution in [1.82, 2.24) is 0 Å². The molecule has 1 unspecified atom stereocenters. The molecular weight excluding hydrogens is 260 g/mol. The van der Waals surface area contributed by atoms with Crippen molar-refractivity contribution in [2.45, 2.75) is 44.9 Å². The zero-order valence-electron chi connectivity index (χ0n) is 10.1. The molecule has 88 valence electrons. The molecule has 0 saturated heterocycles. The molecule has 0 nitrogen and oxygen atoms in total. The fourth-order valence-corrected chi connectivity index (χ4v) is 3.74. The zero-order chi connectivity index (χ0) is 11.4. The molecule has 1 saturated carbocycles. The number of benzene rings is 1. The molecule has 0 heterocycles. The summed E-state index contributed by atoms with van der Waals surface area (Å²) in [5.74, 6) is 1.62. The highest BCUT2D eigenvalue weighted by Gasteiger charge is 2.23. The van der Waals surface area contributed by atoms with Crippen LogP contribution in [-0.2, 0) is 0 Å². The normalized spacial score (nSPS) is 19.6. The van der Waals surface area contributed by atoms with Crippen molar-refractivity contribution < 1.29 is 0 Å². The molecule has 0 radical (unpaired) electrons. The molecule has 1 aliphatic carbocycles. The summed E-state index contributed by atoms with van der Waals surface area (Å²) in [7, 11) is 0. The van der Waals surface area contributed by atoms with Gasteiger partial charge in [-0.15, -0.1) is 0 Å². The molecule has 1 fully saturated rings. The second kappa shape index (κ2) is 5.86. The summed E-state index contributed by atoms with van der Waals surface area (Å²) in [5.41, 5.74) is 2.88. The van der Waals surface area contributed by atoms with Gasteiger partial charge in [-0.2, -0.15) is 0 Å². The molecule has 1 aliphatic rings. The fourth-order valence-electron chi connectivity index (χ4n) is 2.84. The predicted octanol–water partition coefficient (Wildman–Crippen LogP) is 5.05.